The monoisotopic (exact) mass is 310 g/mol. The highest BCUT2D eigenvalue weighted by Gasteiger charge is 2.39. The van der Waals surface area contributed by atoms with E-state index in [1.54, 1.807) is 0 Å². The molecule has 1 aliphatic carbocycles. The van der Waals surface area contributed by atoms with Crippen molar-refractivity contribution in [3.63, 3.8) is 0 Å². The smallest absolute Gasteiger partial charge is 0.0851 e. The summed E-state index contributed by atoms with van der Waals surface area (Å²) in [6.45, 7) is 5.07. The number of hydrazine groups is 1. The molecule has 0 saturated heterocycles. The van der Waals surface area contributed by atoms with Crippen LogP contribution in [-0.4, -0.2) is 18.2 Å². The van der Waals surface area contributed by atoms with Gasteiger partial charge in [0.1, 0.15) is 0 Å². The van der Waals surface area contributed by atoms with Gasteiger partial charge in [0.25, 0.3) is 0 Å². The molecule has 0 spiro atoms. The van der Waals surface area contributed by atoms with Crippen molar-refractivity contribution in [2.75, 3.05) is 6.61 Å². The van der Waals surface area contributed by atoms with E-state index in [0.717, 1.165) is 32.3 Å². The van der Waals surface area contributed by atoms with Gasteiger partial charge in [-0.1, -0.05) is 32.6 Å². The van der Waals surface area contributed by atoms with Gasteiger partial charge in [-0.2, -0.15) is 0 Å². The summed E-state index contributed by atoms with van der Waals surface area (Å²) < 4.78 is 6.27. The first-order valence-corrected chi connectivity index (χ1v) is 9.23. The van der Waals surface area contributed by atoms with Gasteiger partial charge >= 0.3 is 0 Å². The van der Waals surface area contributed by atoms with E-state index in [0.29, 0.717) is 0 Å². The third kappa shape index (κ3) is 4.28. The normalized spacial score (nSPS) is 20.1. The Morgan fingerprint density at radius 3 is 2.38 bits per heavy atom. The van der Waals surface area contributed by atoms with Crippen LogP contribution in [0.4, 0.5) is 0 Å². The summed E-state index contributed by atoms with van der Waals surface area (Å²) in [6, 6.07) is 4.71. The number of nitrogens with two attached hydrogens (primary N) is 1. The van der Waals surface area contributed by atoms with E-state index < -0.39 is 0 Å². The minimum Gasteiger partial charge on any atom is -0.374 e. The molecule has 1 atom stereocenters. The maximum atomic E-state index is 6.27. The molecule has 1 aromatic rings. The molecular formula is C17H30N2OS. The molecule has 0 aliphatic heterocycles. The number of hydrogen-bond donors (Lipinski definition) is 2. The van der Waals surface area contributed by atoms with E-state index in [1.807, 2.05) is 11.3 Å². The predicted molar refractivity (Wildman–Crippen MR) is 90.6 cm³/mol. The van der Waals surface area contributed by atoms with Gasteiger partial charge < -0.3 is 4.74 Å². The fourth-order valence-corrected chi connectivity index (χ4v) is 4.53. The Labute approximate surface area is 133 Å². The highest BCUT2D eigenvalue weighted by molar-refractivity contribution is 7.11. The van der Waals surface area contributed by atoms with Gasteiger partial charge in [-0.3, -0.25) is 11.3 Å². The first-order valence-electron chi connectivity index (χ1n) is 8.41. The second-order valence-corrected chi connectivity index (χ2v) is 7.31. The van der Waals surface area contributed by atoms with Gasteiger partial charge in [0.15, 0.2) is 0 Å². The Morgan fingerprint density at radius 1 is 1.19 bits per heavy atom. The maximum absolute atomic E-state index is 6.27. The molecule has 3 nitrogen and oxygen atoms in total. The lowest BCUT2D eigenvalue weighted by Crippen LogP contribution is -2.55. The van der Waals surface area contributed by atoms with E-state index in [9.17, 15) is 0 Å². The highest BCUT2D eigenvalue weighted by atomic mass is 32.1. The summed E-state index contributed by atoms with van der Waals surface area (Å²) in [4.78, 5) is 2.87. The molecule has 3 N–H and O–H groups in total. The average molecular weight is 311 g/mol. The van der Waals surface area contributed by atoms with E-state index in [2.05, 4.69) is 31.4 Å². The Hall–Kier alpha value is -0.420. The van der Waals surface area contributed by atoms with E-state index in [1.165, 1.54) is 35.4 Å². The number of hydrogen-bond acceptors (Lipinski definition) is 4. The van der Waals surface area contributed by atoms with Crippen LogP contribution in [0.25, 0.3) is 0 Å². The van der Waals surface area contributed by atoms with Crippen LogP contribution in [0.1, 0.15) is 62.1 Å². The lowest BCUT2D eigenvalue weighted by Gasteiger charge is -2.39. The fourth-order valence-electron chi connectivity index (χ4n) is 3.53. The summed E-state index contributed by atoms with van der Waals surface area (Å²) in [5.74, 6) is 5.93. The number of rotatable bonds is 7. The zero-order valence-electron chi connectivity index (χ0n) is 13.5. The van der Waals surface area contributed by atoms with Crippen molar-refractivity contribution in [2.45, 2.75) is 76.9 Å². The van der Waals surface area contributed by atoms with Crippen LogP contribution in [-0.2, 0) is 17.6 Å². The molecule has 1 aliphatic rings. The van der Waals surface area contributed by atoms with Gasteiger partial charge in [0.05, 0.1) is 11.6 Å². The maximum Gasteiger partial charge on any atom is 0.0851 e. The Kier molecular flexibility index (Phi) is 6.68. The van der Waals surface area contributed by atoms with Crippen molar-refractivity contribution < 1.29 is 4.74 Å². The molecule has 21 heavy (non-hydrogen) atoms. The molecule has 2 rings (SSSR count). The zero-order chi connectivity index (χ0) is 15.1. The van der Waals surface area contributed by atoms with Crippen LogP contribution in [0, 0.1) is 0 Å². The van der Waals surface area contributed by atoms with Crippen LogP contribution < -0.4 is 11.3 Å². The minimum atomic E-state index is -0.0869. The second kappa shape index (κ2) is 8.28. The fraction of sp³-hybridized carbons (Fsp3) is 0.765. The van der Waals surface area contributed by atoms with E-state index in [4.69, 9.17) is 10.6 Å². The summed E-state index contributed by atoms with van der Waals surface area (Å²) in [5.41, 5.74) is 3.00. The molecule has 4 heteroatoms. The van der Waals surface area contributed by atoms with Crippen molar-refractivity contribution in [3.05, 3.63) is 21.9 Å². The number of nitrogens with one attached hydrogen (secondary N) is 1. The molecule has 120 valence electrons. The van der Waals surface area contributed by atoms with Gasteiger partial charge in [-0.05, 0) is 38.3 Å². The largest absolute Gasteiger partial charge is 0.374 e. The van der Waals surface area contributed by atoms with Gasteiger partial charge in [0.2, 0.25) is 0 Å². The van der Waals surface area contributed by atoms with Crippen molar-refractivity contribution in [1.82, 2.24) is 5.43 Å². The SMILES string of the molecule is CCOC1(C(Cc2ccc(CC)s2)NN)CCCCCC1. The third-order valence-electron chi connectivity index (χ3n) is 4.69. The molecule has 1 fully saturated rings. The molecule has 0 aromatic carbocycles. The quantitative estimate of drug-likeness (QED) is 0.457. The summed E-state index contributed by atoms with van der Waals surface area (Å²) in [6.07, 6.45) is 9.49. The average Bonchev–Trinajstić information content (AvgIpc) is 2.83. The van der Waals surface area contributed by atoms with Crippen molar-refractivity contribution >= 4 is 11.3 Å². The first kappa shape index (κ1) is 16.9. The first-order chi connectivity index (χ1) is 10.2. The molecular weight excluding hydrogens is 280 g/mol. The summed E-state index contributed by atoms with van der Waals surface area (Å²) >= 11 is 1.91. The number of aryl methyl sites for hydroxylation is 1. The summed E-state index contributed by atoms with van der Waals surface area (Å²) in [7, 11) is 0. The van der Waals surface area contributed by atoms with Crippen LogP contribution >= 0.6 is 11.3 Å². The van der Waals surface area contributed by atoms with Crippen molar-refractivity contribution in [3.8, 4) is 0 Å². The van der Waals surface area contributed by atoms with Crippen LogP contribution in [0.15, 0.2) is 12.1 Å². The second-order valence-electron chi connectivity index (χ2n) is 6.06. The molecule has 0 amide bonds. The lowest BCUT2D eigenvalue weighted by atomic mass is 9.84. The van der Waals surface area contributed by atoms with E-state index >= 15 is 0 Å². The van der Waals surface area contributed by atoms with Gasteiger partial charge in [-0.25, -0.2) is 0 Å². The number of thiophene rings is 1. The lowest BCUT2D eigenvalue weighted by molar-refractivity contribution is -0.0766. The zero-order valence-corrected chi connectivity index (χ0v) is 14.3. The van der Waals surface area contributed by atoms with E-state index in [-0.39, 0.29) is 11.6 Å². The molecule has 0 radical (unpaired) electrons. The number of ether oxygens (including phenoxy) is 1. The predicted octanol–water partition coefficient (Wildman–Crippen LogP) is 3.81. The molecule has 1 aromatic heterocycles. The van der Waals surface area contributed by atoms with Crippen LogP contribution in [0.3, 0.4) is 0 Å². The standard InChI is InChI=1S/C17H30N2OS/c1-3-14-9-10-15(21-14)13-16(19-18)17(20-4-2)11-7-5-6-8-12-17/h9-10,16,19H,3-8,11-13,18H2,1-2H3. The summed E-state index contributed by atoms with van der Waals surface area (Å²) in [5, 5.41) is 0. The molecule has 1 saturated carbocycles. The van der Waals surface area contributed by atoms with Crippen molar-refractivity contribution in [2.24, 2.45) is 5.84 Å². The Balaban J connectivity index is 2.14. The Morgan fingerprint density at radius 2 is 1.86 bits per heavy atom. The Bertz CT molecular complexity index is 411. The third-order valence-corrected chi connectivity index (χ3v) is 5.94. The minimum absolute atomic E-state index is 0.0869. The molecule has 1 unspecified atom stereocenters. The van der Waals surface area contributed by atoms with Crippen LogP contribution in [0.5, 0.6) is 0 Å². The van der Waals surface area contributed by atoms with Crippen LogP contribution in [0.2, 0.25) is 0 Å². The molecule has 0 bridgehead atoms. The molecule has 1 heterocycles. The van der Waals surface area contributed by atoms with Gasteiger partial charge in [0, 0.05) is 22.8 Å². The van der Waals surface area contributed by atoms with Crippen molar-refractivity contribution in [1.29, 1.82) is 0 Å². The topological polar surface area (TPSA) is 47.3 Å². The van der Waals surface area contributed by atoms with Gasteiger partial charge in [-0.15, -0.1) is 11.3 Å². The highest BCUT2D eigenvalue weighted by Crippen LogP contribution is 2.35.